The van der Waals surface area contributed by atoms with E-state index in [1.54, 1.807) is 0 Å². The fourth-order valence-corrected chi connectivity index (χ4v) is 2.05. The Kier molecular flexibility index (Phi) is 7.34. The topological polar surface area (TPSA) is 29.5 Å². The van der Waals surface area contributed by atoms with Crippen molar-refractivity contribution >= 4 is 6.09 Å². The molecule has 3 nitrogen and oxygen atoms in total. The monoisotopic (exact) mass is 257 g/mol. The number of likely N-dealkylation sites (tertiary alicyclic amines) is 1. The summed E-state index contributed by atoms with van der Waals surface area (Å²) in [5, 5.41) is 0. The lowest BCUT2D eigenvalue weighted by atomic mass is 9.88. The van der Waals surface area contributed by atoms with Gasteiger partial charge in [0.2, 0.25) is 0 Å². The Bertz CT molecular complexity index is 243. The molecule has 0 aromatic rings. The normalized spacial score (nSPS) is 20.2. The van der Waals surface area contributed by atoms with E-state index in [-0.39, 0.29) is 11.7 Å². The molecule has 1 fully saturated rings. The minimum Gasteiger partial charge on any atom is -0.444 e. The van der Waals surface area contributed by atoms with Crippen LogP contribution in [-0.4, -0.2) is 29.7 Å². The van der Waals surface area contributed by atoms with E-state index in [4.69, 9.17) is 4.74 Å². The molecule has 1 amide bonds. The van der Waals surface area contributed by atoms with Crippen LogP contribution in [0.4, 0.5) is 4.79 Å². The molecule has 0 aromatic heterocycles. The highest BCUT2D eigenvalue weighted by atomic mass is 16.6. The van der Waals surface area contributed by atoms with Gasteiger partial charge in [-0.1, -0.05) is 27.7 Å². The highest BCUT2D eigenvalue weighted by molar-refractivity contribution is 5.68. The molecule has 1 rings (SSSR count). The van der Waals surface area contributed by atoms with E-state index in [1.807, 2.05) is 39.5 Å². The molecule has 3 heteroatoms. The lowest BCUT2D eigenvalue weighted by Gasteiger charge is -2.35. The van der Waals surface area contributed by atoms with Crippen molar-refractivity contribution in [2.75, 3.05) is 13.1 Å². The fraction of sp³-hybridized carbons (Fsp3) is 0.933. The van der Waals surface area contributed by atoms with Crippen LogP contribution in [0, 0.1) is 11.8 Å². The molecular weight excluding hydrogens is 226 g/mol. The maximum Gasteiger partial charge on any atom is 0.410 e. The van der Waals surface area contributed by atoms with Crippen LogP contribution in [0.2, 0.25) is 0 Å². The molecule has 1 atom stereocenters. The van der Waals surface area contributed by atoms with Crippen LogP contribution >= 0.6 is 0 Å². The second-order valence-electron chi connectivity index (χ2n) is 6.07. The largest absolute Gasteiger partial charge is 0.444 e. The number of rotatable bonds is 1. The van der Waals surface area contributed by atoms with Crippen LogP contribution in [0.1, 0.15) is 61.3 Å². The lowest BCUT2D eigenvalue weighted by molar-refractivity contribution is 0.0140. The van der Waals surface area contributed by atoms with Crippen LogP contribution in [0.25, 0.3) is 0 Å². The van der Waals surface area contributed by atoms with Crippen LogP contribution in [0.3, 0.4) is 0 Å². The zero-order chi connectivity index (χ0) is 14.3. The summed E-state index contributed by atoms with van der Waals surface area (Å²) in [6.45, 7) is 15.9. The minimum absolute atomic E-state index is 0.155. The maximum atomic E-state index is 11.9. The van der Waals surface area contributed by atoms with E-state index in [1.165, 1.54) is 6.42 Å². The molecule has 18 heavy (non-hydrogen) atoms. The van der Waals surface area contributed by atoms with Crippen molar-refractivity contribution in [1.82, 2.24) is 4.90 Å². The van der Waals surface area contributed by atoms with E-state index < -0.39 is 0 Å². The zero-order valence-electron chi connectivity index (χ0n) is 13.2. The minimum atomic E-state index is -0.387. The highest BCUT2D eigenvalue weighted by Crippen LogP contribution is 2.24. The van der Waals surface area contributed by atoms with Crippen molar-refractivity contribution in [2.24, 2.45) is 11.8 Å². The number of ether oxygens (including phenoxy) is 1. The first-order chi connectivity index (χ1) is 8.29. The van der Waals surface area contributed by atoms with Crippen molar-refractivity contribution in [3.8, 4) is 0 Å². The van der Waals surface area contributed by atoms with Crippen molar-refractivity contribution in [1.29, 1.82) is 0 Å². The van der Waals surface area contributed by atoms with Crippen molar-refractivity contribution in [3.05, 3.63) is 0 Å². The first-order valence-electron chi connectivity index (χ1n) is 7.27. The van der Waals surface area contributed by atoms with E-state index in [0.29, 0.717) is 11.8 Å². The average Bonchev–Trinajstić information content (AvgIpc) is 2.29. The van der Waals surface area contributed by atoms with Gasteiger partial charge in [-0.05, 0) is 45.4 Å². The van der Waals surface area contributed by atoms with Crippen molar-refractivity contribution in [2.45, 2.75) is 66.9 Å². The molecule has 1 aliphatic rings. The van der Waals surface area contributed by atoms with Crippen LogP contribution in [0.5, 0.6) is 0 Å². The predicted octanol–water partition coefficient (Wildman–Crippen LogP) is 4.32. The van der Waals surface area contributed by atoms with Gasteiger partial charge >= 0.3 is 6.09 Å². The molecule has 0 saturated carbocycles. The van der Waals surface area contributed by atoms with E-state index in [0.717, 1.165) is 19.5 Å². The van der Waals surface area contributed by atoms with Crippen LogP contribution in [-0.2, 0) is 4.74 Å². The van der Waals surface area contributed by atoms with Gasteiger partial charge in [-0.15, -0.1) is 0 Å². The maximum absolute atomic E-state index is 11.9. The molecule has 0 radical (unpaired) electrons. The molecular formula is C15H31NO2. The van der Waals surface area contributed by atoms with Gasteiger partial charge in [0.15, 0.2) is 0 Å². The van der Waals surface area contributed by atoms with Gasteiger partial charge in [0.05, 0.1) is 0 Å². The summed E-state index contributed by atoms with van der Waals surface area (Å²) in [7, 11) is 0. The van der Waals surface area contributed by atoms with Gasteiger partial charge in [0.1, 0.15) is 5.60 Å². The zero-order valence-corrected chi connectivity index (χ0v) is 13.2. The van der Waals surface area contributed by atoms with Gasteiger partial charge in [-0.25, -0.2) is 4.79 Å². The molecule has 0 aromatic carbocycles. The number of piperidine rings is 1. The third-order valence-electron chi connectivity index (χ3n) is 3.05. The Labute approximate surface area is 113 Å². The Balaban J connectivity index is 0.00000137. The molecule has 1 unspecified atom stereocenters. The van der Waals surface area contributed by atoms with Crippen LogP contribution < -0.4 is 0 Å². The second kappa shape index (κ2) is 7.65. The number of nitrogens with zero attached hydrogens (tertiary/aromatic N) is 1. The molecule has 1 aliphatic heterocycles. The van der Waals surface area contributed by atoms with Crippen molar-refractivity contribution < 1.29 is 9.53 Å². The Hall–Kier alpha value is -0.730. The molecule has 0 bridgehead atoms. The first-order valence-corrected chi connectivity index (χ1v) is 7.27. The van der Waals surface area contributed by atoms with E-state index >= 15 is 0 Å². The summed E-state index contributed by atoms with van der Waals surface area (Å²) in [6.07, 6.45) is 2.18. The third kappa shape index (κ3) is 6.27. The third-order valence-corrected chi connectivity index (χ3v) is 3.05. The molecule has 108 valence electrons. The van der Waals surface area contributed by atoms with Gasteiger partial charge in [-0.2, -0.15) is 0 Å². The number of carbonyl (C=O) groups excluding carboxylic acids is 1. The Morgan fingerprint density at radius 2 is 1.83 bits per heavy atom. The molecule has 0 N–H and O–H groups in total. The summed E-state index contributed by atoms with van der Waals surface area (Å²) in [5.74, 6) is 1.27. The molecule has 1 heterocycles. The predicted molar refractivity (Wildman–Crippen MR) is 76.7 cm³/mol. The van der Waals surface area contributed by atoms with E-state index in [2.05, 4.69) is 13.8 Å². The standard InChI is InChI=1S/C13H25NO2.C2H6/c1-10(2)11-7-6-8-14(9-11)12(15)16-13(3,4)5;1-2/h10-11H,6-9H2,1-5H3;1-2H3. The van der Waals surface area contributed by atoms with Crippen molar-refractivity contribution in [3.63, 3.8) is 0 Å². The number of hydrogen-bond donors (Lipinski definition) is 0. The van der Waals surface area contributed by atoms with Crippen LogP contribution in [0.15, 0.2) is 0 Å². The SMILES string of the molecule is CC.CC(C)C1CCCN(C(=O)OC(C)(C)C)C1. The van der Waals surface area contributed by atoms with Gasteiger partial charge in [0, 0.05) is 13.1 Å². The quantitative estimate of drug-likeness (QED) is 0.700. The summed E-state index contributed by atoms with van der Waals surface area (Å²) < 4.78 is 5.39. The fourth-order valence-electron chi connectivity index (χ4n) is 2.05. The summed E-state index contributed by atoms with van der Waals surface area (Å²) in [6, 6.07) is 0. The summed E-state index contributed by atoms with van der Waals surface area (Å²) >= 11 is 0. The van der Waals surface area contributed by atoms with Gasteiger partial charge in [0.25, 0.3) is 0 Å². The smallest absolute Gasteiger partial charge is 0.410 e. The first kappa shape index (κ1) is 17.3. The Morgan fingerprint density at radius 3 is 2.28 bits per heavy atom. The molecule has 0 aliphatic carbocycles. The Morgan fingerprint density at radius 1 is 1.28 bits per heavy atom. The van der Waals surface area contributed by atoms with Gasteiger partial charge < -0.3 is 9.64 Å². The number of amides is 1. The second-order valence-corrected chi connectivity index (χ2v) is 6.07. The average molecular weight is 257 g/mol. The number of carbonyl (C=O) groups is 1. The van der Waals surface area contributed by atoms with Gasteiger partial charge in [-0.3, -0.25) is 0 Å². The number of hydrogen-bond acceptors (Lipinski definition) is 2. The van der Waals surface area contributed by atoms with E-state index in [9.17, 15) is 4.79 Å². The highest BCUT2D eigenvalue weighted by Gasteiger charge is 2.28. The molecule has 1 saturated heterocycles. The summed E-state index contributed by atoms with van der Waals surface area (Å²) in [5.41, 5.74) is -0.387. The summed E-state index contributed by atoms with van der Waals surface area (Å²) in [4.78, 5) is 13.7. The lowest BCUT2D eigenvalue weighted by Crippen LogP contribution is -2.43. The molecule has 0 spiro atoms.